The molecule has 4 rings (SSSR count). The molecular weight excluding hydrogens is 642 g/mol. The highest BCUT2D eigenvalue weighted by atomic mass is 32.2. The molecule has 1 aliphatic carbocycles. The number of non-ortho nitro benzene ring substituents is 1. The predicted octanol–water partition coefficient (Wildman–Crippen LogP) is 5.06. The molecule has 4 N–H and O–H groups in total. The lowest BCUT2D eigenvalue weighted by Gasteiger charge is -2.24. The summed E-state index contributed by atoms with van der Waals surface area (Å²) in [7, 11) is -3.93. The Kier molecular flexibility index (Phi) is 12.9. The van der Waals surface area contributed by atoms with Gasteiger partial charge in [0.2, 0.25) is 10.0 Å². The number of nitro benzene ring substituents is 1. The average Bonchev–Trinajstić information content (AvgIpc) is 3.07. The highest BCUT2D eigenvalue weighted by Crippen LogP contribution is 2.31. The molecule has 14 heteroatoms. The van der Waals surface area contributed by atoms with Gasteiger partial charge in [-0.05, 0) is 91.5 Å². The van der Waals surface area contributed by atoms with Crippen molar-refractivity contribution in [2.75, 3.05) is 25.4 Å². The topological polar surface area (TPSA) is 197 Å². The zero-order chi connectivity index (χ0) is 34.7. The lowest BCUT2D eigenvalue weighted by molar-refractivity contribution is -0.384. The molecule has 1 saturated carbocycles. The van der Waals surface area contributed by atoms with Gasteiger partial charge >= 0.3 is 6.09 Å². The fourth-order valence-electron chi connectivity index (χ4n) is 5.59. The number of nitrogens with zero attached hydrogens (tertiary/aromatic N) is 2. The van der Waals surface area contributed by atoms with E-state index in [0.29, 0.717) is 24.2 Å². The number of amides is 2. The van der Waals surface area contributed by atoms with Crippen LogP contribution in [-0.4, -0.2) is 77.1 Å². The first-order chi connectivity index (χ1) is 23.0. The SMILES string of the molecule is O=C(NS(=O)(=O)CCCO)c1ccc(-c2ccc(CCCN(C[C@H](O)c3ccc([N+](=O)[O-])cc3)C(=O)O)cc2)cc1OC1CCCCC1. The van der Waals surface area contributed by atoms with Gasteiger partial charge in [0.05, 0.1) is 35.0 Å². The Balaban J connectivity index is 1.41. The minimum absolute atomic E-state index is 0.00813. The van der Waals surface area contributed by atoms with Crippen molar-refractivity contribution in [3.8, 4) is 16.9 Å². The molecule has 3 aromatic carbocycles. The van der Waals surface area contributed by atoms with Crippen molar-refractivity contribution in [3.05, 3.63) is 93.5 Å². The first-order valence-corrected chi connectivity index (χ1v) is 17.6. The molecule has 0 radical (unpaired) electrons. The molecule has 48 heavy (non-hydrogen) atoms. The largest absolute Gasteiger partial charge is 0.490 e. The minimum atomic E-state index is -3.93. The van der Waals surface area contributed by atoms with Crippen molar-refractivity contribution in [2.24, 2.45) is 0 Å². The monoisotopic (exact) mass is 683 g/mol. The van der Waals surface area contributed by atoms with Crippen molar-refractivity contribution in [1.29, 1.82) is 0 Å². The first kappa shape index (κ1) is 36.3. The molecule has 0 aliphatic heterocycles. The highest BCUT2D eigenvalue weighted by molar-refractivity contribution is 7.90. The molecule has 13 nitrogen and oxygen atoms in total. The second-order valence-electron chi connectivity index (χ2n) is 11.8. The molecule has 0 saturated heterocycles. The summed E-state index contributed by atoms with van der Waals surface area (Å²) in [6.45, 7) is -0.322. The number of rotatable bonds is 16. The Bertz CT molecular complexity index is 1660. The van der Waals surface area contributed by atoms with Gasteiger partial charge in [-0.25, -0.2) is 17.9 Å². The minimum Gasteiger partial charge on any atom is -0.490 e. The maximum absolute atomic E-state index is 13.0. The van der Waals surface area contributed by atoms with Gasteiger partial charge in [0.1, 0.15) is 5.75 Å². The number of hydrogen-bond acceptors (Lipinski definition) is 9. The molecule has 1 atom stereocenters. The zero-order valence-corrected chi connectivity index (χ0v) is 27.3. The van der Waals surface area contributed by atoms with E-state index in [1.165, 1.54) is 24.3 Å². The standard InChI is InChI=1S/C34H41N3O10S/c38-20-5-21-48(45,46)35-33(40)30-18-15-27(22-32(30)47-29-7-2-1-3-8-29)25-11-9-24(10-12-25)6-4-19-36(34(41)42)23-31(39)26-13-16-28(17-14-26)37(43)44/h9-18,22,29,31,38-39H,1-8,19-21,23H2,(H,35,40)(H,41,42)/t31-/m0/s1. The second-order valence-corrected chi connectivity index (χ2v) is 13.7. The zero-order valence-electron chi connectivity index (χ0n) is 26.5. The van der Waals surface area contributed by atoms with Crippen LogP contribution >= 0.6 is 0 Å². The van der Waals surface area contributed by atoms with Gasteiger partial charge in [0.25, 0.3) is 11.6 Å². The van der Waals surface area contributed by atoms with Crippen molar-refractivity contribution in [3.63, 3.8) is 0 Å². The summed E-state index contributed by atoms with van der Waals surface area (Å²) < 4.78 is 33.0. The summed E-state index contributed by atoms with van der Waals surface area (Å²) in [6, 6.07) is 18.0. The Morgan fingerprint density at radius 2 is 1.65 bits per heavy atom. The van der Waals surface area contributed by atoms with E-state index in [4.69, 9.17) is 9.84 Å². The number of carbonyl (C=O) groups excluding carboxylic acids is 1. The summed E-state index contributed by atoms with van der Waals surface area (Å²) in [5.74, 6) is -0.879. The number of nitrogens with one attached hydrogen (secondary N) is 1. The summed E-state index contributed by atoms with van der Waals surface area (Å²) in [4.78, 5) is 36.3. The molecule has 0 unspecified atom stereocenters. The fraction of sp³-hybridized carbons (Fsp3) is 0.412. The van der Waals surface area contributed by atoms with Gasteiger partial charge in [0, 0.05) is 25.3 Å². The number of aliphatic hydroxyl groups is 2. The first-order valence-electron chi connectivity index (χ1n) is 15.9. The third kappa shape index (κ3) is 10.5. The summed E-state index contributed by atoms with van der Waals surface area (Å²) in [5, 5.41) is 40.0. The van der Waals surface area contributed by atoms with E-state index in [-0.39, 0.29) is 49.2 Å². The van der Waals surface area contributed by atoms with Crippen LogP contribution in [0.5, 0.6) is 5.75 Å². The Hall–Kier alpha value is -4.53. The summed E-state index contributed by atoms with van der Waals surface area (Å²) in [6.07, 6.45) is 3.46. The van der Waals surface area contributed by atoms with Gasteiger partial charge in [0.15, 0.2) is 0 Å². The molecule has 1 aliphatic rings. The van der Waals surface area contributed by atoms with Crippen LogP contribution in [-0.2, 0) is 16.4 Å². The van der Waals surface area contributed by atoms with Crippen LogP contribution in [0.2, 0.25) is 0 Å². The molecule has 0 spiro atoms. The average molecular weight is 684 g/mol. The lowest BCUT2D eigenvalue weighted by Crippen LogP contribution is -2.34. The Labute approximate surface area is 279 Å². The molecule has 3 aromatic rings. The van der Waals surface area contributed by atoms with Crippen LogP contribution in [0.3, 0.4) is 0 Å². The van der Waals surface area contributed by atoms with Crippen LogP contribution in [0, 0.1) is 10.1 Å². The van der Waals surface area contributed by atoms with Crippen LogP contribution in [0.15, 0.2) is 66.7 Å². The summed E-state index contributed by atoms with van der Waals surface area (Å²) >= 11 is 0. The molecule has 2 amide bonds. The van der Waals surface area contributed by atoms with Crippen LogP contribution < -0.4 is 9.46 Å². The Morgan fingerprint density at radius 3 is 2.27 bits per heavy atom. The van der Waals surface area contributed by atoms with Crippen molar-refractivity contribution in [2.45, 2.75) is 63.6 Å². The number of sulfonamides is 1. The Morgan fingerprint density at radius 1 is 0.979 bits per heavy atom. The van der Waals surface area contributed by atoms with Gasteiger partial charge in [-0.2, -0.15) is 0 Å². The number of hydrogen-bond donors (Lipinski definition) is 4. The van der Waals surface area contributed by atoms with E-state index in [2.05, 4.69) is 4.72 Å². The van der Waals surface area contributed by atoms with Gasteiger partial charge in [-0.1, -0.05) is 36.8 Å². The number of aryl methyl sites for hydroxylation is 1. The number of benzene rings is 3. The van der Waals surface area contributed by atoms with E-state index >= 15 is 0 Å². The second kappa shape index (κ2) is 17.0. The van der Waals surface area contributed by atoms with E-state index in [0.717, 1.165) is 53.7 Å². The van der Waals surface area contributed by atoms with E-state index < -0.39 is 33.1 Å². The molecule has 0 heterocycles. The third-order valence-corrected chi connectivity index (χ3v) is 9.55. The van der Waals surface area contributed by atoms with Gasteiger partial charge in [-0.3, -0.25) is 14.9 Å². The molecule has 0 bridgehead atoms. The maximum atomic E-state index is 13.0. The molecular formula is C34H41N3O10S. The fourth-order valence-corrected chi connectivity index (χ4v) is 6.59. The highest BCUT2D eigenvalue weighted by Gasteiger charge is 2.23. The third-order valence-electron chi connectivity index (χ3n) is 8.22. The van der Waals surface area contributed by atoms with Crippen LogP contribution in [0.1, 0.15) is 72.5 Å². The maximum Gasteiger partial charge on any atom is 0.407 e. The number of ether oxygens (including phenoxy) is 1. The van der Waals surface area contributed by atoms with Crippen LogP contribution in [0.25, 0.3) is 11.1 Å². The number of nitro groups is 1. The number of carboxylic acid groups (broad SMARTS) is 1. The van der Waals surface area contributed by atoms with Gasteiger partial charge < -0.3 is 25.0 Å². The molecule has 258 valence electrons. The smallest absolute Gasteiger partial charge is 0.407 e. The molecule has 0 aromatic heterocycles. The molecule has 1 fully saturated rings. The van der Waals surface area contributed by atoms with Crippen molar-refractivity contribution < 1.29 is 43.0 Å². The van der Waals surface area contributed by atoms with Crippen LogP contribution in [0.4, 0.5) is 10.5 Å². The number of carbonyl (C=O) groups is 2. The van der Waals surface area contributed by atoms with Crippen molar-refractivity contribution >= 4 is 27.7 Å². The normalized spacial score (nSPS) is 14.2. The number of aliphatic hydroxyl groups excluding tert-OH is 2. The van der Waals surface area contributed by atoms with Gasteiger partial charge in [-0.15, -0.1) is 0 Å². The van der Waals surface area contributed by atoms with E-state index in [9.17, 15) is 38.3 Å². The summed E-state index contributed by atoms with van der Waals surface area (Å²) in [5.41, 5.74) is 2.94. The quantitative estimate of drug-likeness (QED) is 0.117. The predicted molar refractivity (Wildman–Crippen MR) is 178 cm³/mol. The van der Waals surface area contributed by atoms with E-state index in [1.807, 2.05) is 24.3 Å². The van der Waals surface area contributed by atoms with E-state index in [1.54, 1.807) is 18.2 Å². The lowest BCUT2D eigenvalue weighted by atomic mass is 9.97. The van der Waals surface area contributed by atoms with Crippen molar-refractivity contribution in [1.82, 2.24) is 9.62 Å².